The molecule has 4 nitrogen and oxygen atoms in total. The van der Waals surface area contributed by atoms with Gasteiger partial charge in [0.15, 0.2) is 0 Å². The molecule has 0 unspecified atom stereocenters. The molecule has 0 spiro atoms. The number of aromatic nitrogens is 2. The summed E-state index contributed by atoms with van der Waals surface area (Å²) in [6.45, 7) is 0. The first-order chi connectivity index (χ1) is 12.2. The van der Waals surface area contributed by atoms with Gasteiger partial charge in [0.2, 0.25) is 0 Å². The lowest BCUT2D eigenvalue weighted by molar-refractivity contribution is -0.0167. The summed E-state index contributed by atoms with van der Waals surface area (Å²) in [5, 5.41) is 3.41. The minimum atomic E-state index is -0.0159. The summed E-state index contributed by atoms with van der Waals surface area (Å²) >= 11 is 0. The third kappa shape index (κ3) is 2.74. The van der Waals surface area contributed by atoms with Crippen LogP contribution >= 0.6 is 0 Å². The zero-order valence-electron chi connectivity index (χ0n) is 14.3. The van der Waals surface area contributed by atoms with Gasteiger partial charge in [-0.1, -0.05) is 6.07 Å². The molecule has 6 rings (SSSR count). The zero-order chi connectivity index (χ0) is 16.9. The topological polar surface area (TPSA) is 54.9 Å². The normalized spacial score (nSPS) is 32.6. The summed E-state index contributed by atoms with van der Waals surface area (Å²) in [6, 6.07) is 9.51. The molecule has 4 bridgehead atoms. The standard InChI is InChI=1S/C21H23N3O/c25-20(19-3-1-2-18(23-19)17-4-6-22-7-5-17)24-21-11-14-8-15(12-21)10-16(9-14)13-21/h1-7,14-16H,8-13H2,(H,24,25). The number of rotatable bonds is 3. The molecule has 1 N–H and O–H groups in total. The van der Waals surface area contributed by atoms with Crippen LogP contribution in [-0.4, -0.2) is 21.4 Å². The van der Waals surface area contributed by atoms with Crippen molar-refractivity contribution in [2.45, 2.75) is 44.1 Å². The van der Waals surface area contributed by atoms with E-state index in [1.807, 2.05) is 30.3 Å². The first-order valence-electron chi connectivity index (χ1n) is 9.39. The summed E-state index contributed by atoms with van der Waals surface area (Å²) < 4.78 is 0. The van der Waals surface area contributed by atoms with Crippen LogP contribution in [0.5, 0.6) is 0 Å². The molecule has 4 heteroatoms. The lowest BCUT2D eigenvalue weighted by Crippen LogP contribution is -2.59. The van der Waals surface area contributed by atoms with Crippen LogP contribution in [0.3, 0.4) is 0 Å². The second-order valence-corrected chi connectivity index (χ2v) is 8.30. The van der Waals surface area contributed by atoms with Crippen molar-refractivity contribution in [3.8, 4) is 11.3 Å². The number of pyridine rings is 2. The highest BCUT2D eigenvalue weighted by Crippen LogP contribution is 2.55. The van der Waals surface area contributed by atoms with Gasteiger partial charge in [-0.2, -0.15) is 0 Å². The molecule has 1 amide bonds. The lowest BCUT2D eigenvalue weighted by atomic mass is 9.53. The third-order valence-corrected chi connectivity index (χ3v) is 6.37. The molecule has 25 heavy (non-hydrogen) atoms. The molecule has 4 saturated carbocycles. The Kier molecular flexibility index (Phi) is 3.40. The van der Waals surface area contributed by atoms with Crippen LogP contribution in [0.4, 0.5) is 0 Å². The fourth-order valence-electron chi connectivity index (χ4n) is 5.81. The van der Waals surface area contributed by atoms with Gasteiger partial charge in [-0.05, 0) is 80.5 Å². The van der Waals surface area contributed by atoms with Crippen molar-refractivity contribution in [2.24, 2.45) is 17.8 Å². The van der Waals surface area contributed by atoms with Gasteiger partial charge >= 0.3 is 0 Å². The van der Waals surface area contributed by atoms with Crippen LogP contribution in [0.25, 0.3) is 11.3 Å². The number of carbonyl (C=O) groups excluding carboxylic acids is 1. The molecule has 2 heterocycles. The maximum Gasteiger partial charge on any atom is 0.270 e. The van der Waals surface area contributed by atoms with Crippen LogP contribution in [0, 0.1) is 17.8 Å². The van der Waals surface area contributed by atoms with Crippen LogP contribution in [-0.2, 0) is 0 Å². The third-order valence-electron chi connectivity index (χ3n) is 6.37. The number of amides is 1. The van der Waals surface area contributed by atoms with Crippen LogP contribution < -0.4 is 5.32 Å². The molecule has 0 aromatic carbocycles. The maximum atomic E-state index is 12.9. The van der Waals surface area contributed by atoms with Crippen LogP contribution in [0.2, 0.25) is 0 Å². The number of hydrogen-bond acceptors (Lipinski definition) is 3. The molecular formula is C21H23N3O. The molecule has 0 radical (unpaired) electrons. The molecular weight excluding hydrogens is 310 g/mol. The van der Waals surface area contributed by atoms with Gasteiger partial charge in [0.25, 0.3) is 5.91 Å². The zero-order valence-corrected chi connectivity index (χ0v) is 14.3. The molecule has 0 saturated heterocycles. The SMILES string of the molecule is O=C(NC12CC3CC(CC(C3)C1)C2)c1cccc(-c2ccncc2)n1. The second-order valence-electron chi connectivity index (χ2n) is 8.30. The van der Waals surface area contributed by atoms with E-state index in [1.165, 1.54) is 19.3 Å². The van der Waals surface area contributed by atoms with Gasteiger partial charge in [-0.25, -0.2) is 4.98 Å². The smallest absolute Gasteiger partial charge is 0.270 e. The van der Waals surface area contributed by atoms with Gasteiger partial charge in [0.05, 0.1) is 5.69 Å². The average Bonchev–Trinajstić information content (AvgIpc) is 2.61. The van der Waals surface area contributed by atoms with Gasteiger partial charge in [0.1, 0.15) is 5.69 Å². The molecule has 2 aromatic heterocycles. The summed E-state index contributed by atoms with van der Waals surface area (Å²) in [5.74, 6) is 2.45. The van der Waals surface area contributed by atoms with Crippen molar-refractivity contribution in [3.63, 3.8) is 0 Å². The number of carbonyl (C=O) groups is 1. The Morgan fingerprint density at radius 1 is 0.960 bits per heavy atom. The minimum Gasteiger partial charge on any atom is -0.345 e. The van der Waals surface area contributed by atoms with Crippen molar-refractivity contribution in [1.82, 2.24) is 15.3 Å². The molecule has 0 aliphatic heterocycles. The largest absolute Gasteiger partial charge is 0.345 e. The maximum absolute atomic E-state index is 12.9. The van der Waals surface area contributed by atoms with Gasteiger partial charge < -0.3 is 5.32 Å². The van der Waals surface area contributed by atoms with Crippen molar-refractivity contribution in [2.75, 3.05) is 0 Å². The lowest BCUT2D eigenvalue weighted by Gasteiger charge is -2.56. The Labute approximate surface area is 148 Å². The Morgan fingerprint density at radius 3 is 2.24 bits per heavy atom. The molecule has 4 aliphatic rings. The highest BCUT2D eigenvalue weighted by Gasteiger charge is 2.51. The average molecular weight is 333 g/mol. The fourth-order valence-corrected chi connectivity index (χ4v) is 5.81. The van der Waals surface area contributed by atoms with Crippen molar-refractivity contribution in [1.29, 1.82) is 0 Å². The quantitative estimate of drug-likeness (QED) is 0.928. The first-order valence-corrected chi connectivity index (χ1v) is 9.39. The first kappa shape index (κ1) is 15.1. The summed E-state index contributed by atoms with van der Waals surface area (Å²) in [7, 11) is 0. The van der Waals surface area contributed by atoms with E-state index >= 15 is 0 Å². The monoisotopic (exact) mass is 333 g/mol. The minimum absolute atomic E-state index is 0.0159. The molecule has 128 valence electrons. The predicted octanol–water partition coefficient (Wildman–Crippen LogP) is 3.84. The molecule has 4 fully saturated rings. The molecule has 2 aromatic rings. The Bertz CT molecular complexity index is 767. The summed E-state index contributed by atoms with van der Waals surface area (Å²) in [6.07, 6.45) is 11.1. The number of hydrogen-bond donors (Lipinski definition) is 1. The van der Waals surface area contributed by atoms with E-state index in [0.717, 1.165) is 48.3 Å². The molecule has 0 atom stereocenters. The van der Waals surface area contributed by atoms with Gasteiger partial charge in [0, 0.05) is 23.5 Å². The Morgan fingerprint density at radius 2 is 1.60 bits per heavy atom. The van der Waals surface area contributed by atoms with Crippen molar-refractivity contribution < 1.29 is 4.79 Å². The van der Waals surface area contributed by atoms with E-state index in [9.17, 15) is 4.79 Å². The number of nitrogens with zero attached hydrogens (tertiary/aromatic N) is 2. The fraction of sp³-hybridized carbons (Fsp3) is 0.476. The Hall–Kier alpha value is -2.23. The van der Waals surface area contributed by atoms with Gasteiger partial charge in [-0.15, -0.1) is 0 Å². The molecule has 4 aliphatic carbocycles. The van der Waals surface area contributed by atoms with Gasteiger partial charge in [-0.3, -0.25) is 9.78 Å². The van der Waals surface area contributed by atoms with E-state index in [4.69, 9.17) is 0 Å². The summed E-state index contributed by atoms with van der Waals surface area (Å²) in [4.78, 5) is 21.6. The number of nitrogens with one attached hydrogen (secondary N) is 1. The van der Waals surface area contributed by atoms with E-state index < -0.39 is 0 Å². The van der Waals surface area contributed by atoms with Crippen LogP contribution in [0.1, 0.15) is 49.0 Å². The van der Waals surface area contributed by atoms with E-state index in [-0.39, 0.29) is 11.4 Å². The highest BCUT2D eigenvalue weighted by molar-refractivity contribution is 5.93. The Balaban J connectivity index is 1.38. The van der Waals surface area contributed by atoms with Crippen LogP contribution in [0.15, 0.2) is 42.7 Å². The summed E-state index contributed by atoms with van der Waals surface area (Å²) in [5.41, 5.74) is 2.35. The highest BCUT2D eigenvalue weighted by atomic mass is 16.2. The van der Waals surface area contributed by atoms with E-state index in [2.05, 4.69) is 15.3 Å². The second kappa shape index (κ2) is 5.65. The van der Waals surface area contributed by atoms with Crippen molar-refractivity contribution in [3.05, 3.63) is 48.4 Å². The van der Waals surface area contributed by atoms with E-state index in [1.54, 1.807) is 12.4 Å². The predicted molar refractivity (Wildman–Crippen MR) is 95.8 cm³/mol. The van der Waals surface area contributed by atoms with Crippen molar-refractivity contribution >= 4 is 5.91 Å². The van der Waals surface area contributed by atoms with E-state index in [0.29, 0.717) is 5.69 Å².